The molecule has 3 aromatic heterocycles. The van der Waals surface area contributed by atoms with Crippen LogP contribution in [0.15, 0.2) is 12.3 Å². The number of methoxy groups -OCH3 is 1. The summed E-state index contributed by atoms with van der Waals surface area (Å²) in [7, 11) is 1.58. The molecule has 0 atom stereocenters. The number of thiophene rings is 1. The summed E-state index contributed by atoms with van der Waals surface area (Å²) in [4.78, 5) is 20.6. The maximum absolute atomic E-state index is 6.20. The van der Waals surface area contributed by atoms with Gasteiger partial charge in [0.2, 0.25) is 11.8 Å². The first kappa shape index (κ1) is 25.9. The lowest BCUT2D eigenvalue weighted by atomic mass is 9.99. The normalized spacial score (nSPS) is 17.3. The van der Waals surface area contributed by atoms with E-state index in [0.717, 1.165) is 66.1 Å². The molecule has 5 rings (SSSR count). The first-order valence-corrected chi connectivity index (χ1v) is 13.8. The van der Waals surface area contributed by atoms with Crippen molar-refractivity contribution in [3.63, 3.8) is 0 Å². The Morgan fingerprint density at radius 1 is 1.17 bits per heavy atom. The van der Waals surface area contributed by atoms with Gasteiger partial charge in [-0.1, -0.05) is 6.92 Å². The van der Waals surface area contributed by atoms with E-state index >= 15 is 0 Å². The topological polar surface area (TPSA) is 89.6 Å². The average molecular weight is 517 g/mol. The highest BCUT2D eigenvalue weighted by molar-refractivity contribution is 7.79. The lowest BCUT2D eigenvalue weighted by molar-refractivity contribution is 0.122. The van der Waals surface area contributed by atoms with Gasteiger partial charge in [0.05, 0.1) is 41.9 Å². The van der Waals surface area contributed by atoms with Crippen LogP contribution in [0.5, 0.6) is 5.88 Å². The van der Waals surface area contributed by atoms with Crippen molar-refractivity contribution in [3.8, 4) is 17.1 Å². The quantitative estimate of drug-likeness (QED) is 0.486. The van der Waals surface area contributed by atoms with Gasteiger partial charge in [-0.15, -0.1) is 11.3 Å². The summed E-state index contributed by atoms with van der Waals surface area (Å²) in [6.45, 7) is 10.7. The largest absolute Gasteiger partial charge is 0.480 e. The number of nitrogen functional groups attached to an aromatic ring is 1. The minimum atomic E-state index is 0.430. The Labute approximate surface area is 217 Å². The number of morpholine rings is 1. The smallest absolute Gasteiger partial charge is 0.236 e. The molecule has 2 aliphatic rings. The average Bonchev–Trinajstić information content (AvgIpc) is 3.21. The fourth-order valence-electron chi connectivity index (χ4n) is 4.62. The van der Waals surface area contributed by atoms with Crippen LogP contribution >= 0.6 is 24.0 Å². The van der Waals surface area contributed by atoms with Crippen molar-refractivity contribution in [1.82, 2.24) is 19.9 Å². The third-order valence-electron chi connectivity index (χ3n) is 6.72. The Hall–Kier alpha value is -2.14. The van der Waals surface area contributed by atoms with Gasteiger partial charge in [0, 0.05) is 41.8 Å². The lowest BCUT2D eigenvalue weighted by Gasteiger charge is -2.30. The molecule has 8 nitrogen and oxygen atoms in total. The summed E-state index contributed by atoms with van der Waals surface area (Å²) in [5.74, 6) is 2.00. The van der Waals surface area contributed by atoms with Crippen molar-refractivity contribution in [3.05, 3.63) is 22.7 Å². The number of fused-ring (bicyclic) bond motifs is 1. The van der Waals surface area contributed by atoms with Gasteiger partial charge in [0.15, 0.2) is 0 Å². The number of nitrogens with two attached hydrogens (primary N) is 1. The number of anilines is 2. The number of aryl methyl sites for hydroxylation is 1. The van der Waals surface area contributed by atoms with Gasteiger partial charge in [-0.25, -0.2) is 15.0 Å². The number of aromatic nitrogens is 3. The van der Waals surface area contributed by atoms with Gasteiger partial charge in [-0.05, 0) is 51.1 Å². The number of likely N-dealkylation sites (tertiary alicyclic amines) is 1. The van der Waals surface area contributed by atoms with E-state index in [4.69, 9.17) is 25.2 Å². The van der Waals surface area contributed by atoms with E-state index < -0.39 is 0 Å². The van der Waals surface area contributed by atoms with Crippen molar-refractivity contribution in [2.24, 2.45) is 5.92 Å². The molecule has 2 fully saturated rings. The summed E-state index contributed by atoms with van der Waals surface area (Å²) in [6, 6.07) is 1.90. The maximum Gasteiger partial charge on any atom is 0.236 e. The van der Waals surface area contributed by atoms with E-state index in [1.807, 2.05) is 6.07 Å². The second-order valence-corrected chi connectivity index (χ2v) is 10.3. The van der Waals surface area contributed by atoms with E-state index in [1.54, 1.807) is 30.9 Å². The molecule has 35 heavy (non-hydrogen) atoms. The molecule has 0 saturated carbocycles. The van der Waals surface area contributed by atoms with Crippen LogP contribution in [0.2, 0.25) is 0 Å². The van der Waals surface area contributed by atoms with Crippen LogP contribution in [-0.2, 0) is 11.3 Å². The van der Waals surface area contributed by atoms with Crippen molar-refractivity contribution < 1.29 is 9.47 Å². The lowest BCUT2D eigenvalue weighted by Crippen LogP contribution is -2.37. The molecule has 2 saturated heterocycles. The first-order chi connectivity index (χ1) is 17.0. The molecule has 0 bridgehead atoms. The molecule has 0 aromatic carbocycles. The van der Waals surface area contributed by atoms with Gasteiger partial charge in [-0.2, -0.15) is 12.6 Å². The Morgan fingerprint density at radius 3 is 2.54 bits per heavy atom. The Balaban J connectivity index is 0.00000141. The molecule has 190 valence electrons. The van der Waals surface area contributed by atoms with E-state index in [-0.39, 0.29) is 0 Å². The summed E-state index contributed by atoms with van der Waals surface area (Å²) in [5.41, 5.74) is 10.8. The minimum absolute atomic E-state index is 0.430. The third kappa shape index (κ3) is 5.66. The number of pyridine rings is 1. The van der Waals surface area contributed by atoms with Crippen LogP contribution in [0.25, 0.3) is 21.5 Å². The van der Waals surface area contributed by atoms with Gasteiger partial charge in [0.25, 0.3) is 0 Å². The molecule has 0 spiro atoms. The first-order valence-electron chi connectivity index (χ1n) is 12.1. The van der Waals surface area contributed by atoms with Crippen molar-refractivity contribution in [2.45, 2.75) is 33.2 Å². The monoisotopic (exact) mass is 516 g/mol. The molecule has 0 amide bonds. The van der Waals surface area contributed by atoms with Crippen LogP contribution in [0.4, 0.5) is 11.6 Å². The standard InChI is InChI=1S/C24H32N6O2S.CH4S/c1-15-4-6-29(7-5-15)14-18-16(2)33-22-20(17-12-19(25)23(31-3)26-13-17)27-24(28-21(18)22)30-8-10-32-11-9-30;1-2/h12-13,15H,4-11,14,25H2,1-3H3;2H,1H3. The molecule has 10 heteroatoms. The fraction of sp³-hybridized carbons (Fsp3) is 0.560. The number of thiol groups is 1. The second-order valence-electron chi connectivity index (χ2n) is 9.07. The molecule has 0 unspecified atom stereocenters. The van der Waals surface area contributed by atoms with Crippen LogP contribution < -0.4 is 15.4 Å². The summed E-state index contributed by atoms with van der Waals surface area (Å²) in [5, 5.41) is 0. The highest BCUT2D eigenvalue weighted by Crippen LogP contribution is 2.39. The second kappa shape index (κ2) is 11.7. The summed E-state index contributed by atoms with van der Waals surface area (Å²) >= 11 is 5.29. The predicted molar refractivity (Wildman–Crippen MR) is 148 cm³/mol. The van der Waals surface area contributed by atoms with E-state index in [0.29, 0.717) is 24.8 Å². The number of ether oxygens (including phenoxy) is 2. The third-order valence-corrected chi connectivity index (χ3v) is 7.86. The number of nitrogens with zero attached hydrogens (tertiary/aromatic N) is 5. The summed E-state index contributed by atoms with van der Waals surface area (Å²) in [6.07, 6.45) is 6.01. The van der Waals surface area contributed by atoms with Gasteiger partial charge in [0.1, 0.15) is 0 Å². The van der Waals surface area contributed by atoms with Crippen LogP contribution in [0, 0.1) is 12.8 Å². The van der Waals surface area contributed by atoms with Crippen molar-refractivity contribution in [2.75, 3.05) is 63.4 Å². The molecule has 2 N–H and O–H groups in total. The Morgan fingerprint density at radius 2 is 1.89 bits per heavy atom. The SMILES string of the molecule is COc1ncc(-c2nc(N3CCOCC3)nc3c(CN4CCC(C)CC4)c(C)sc23)cc1N.CS. The molecule has 3 aromatic rings. The van der Waals surface area contributed by atoms with Gasteiger partial charge in [-0.3, -0.25) is 4.90 Å². The van der Waals surface area contributed by atoms with Crippen molar-refractivity contribution in [1.29, 1.82) is 0 Å². The minimum Gasteiger partial charge on any atom is -0.480 e. The zero-order valence-corrected chi connectivity index (χ0v) is 22.8. The Kier molecular flexibility index (Phi) is 8.69. The zero-order chi connectivity index (χ0) is 24.9. The Bertz CT molecular complexity index is 1140. The fourth-order valence-corrected chi connectivity index (χ4v) is 5.74. The van der Waals surface area contributed by atoms with Crippen LogP contribution in [-0.4, -0.2) is 72.6 Å². The van der Waals surface area contributed by atoms with Crippen molar-refractivity contribution >= 4 is 45.8 Å². The van der Waals surface area contributed by atoms with Gasteiger partial charge < -0.3 is 20.1 Å². The number of hydrogen-bond acceptors (Lipinski definition) is 10. The molecular formula is C25H36N6O2S2. The molecule has 2 aliphatic heterocycles. The maximum atomic E-state index is 6.20. The number of hydrogen-bond donors (Lipinski definition) is 2. The number of piperidine rings is 1. The van der Waals surface area contributed by atoms with E-state index in [2.05, 4.69) is 41.3 Å². The highest BCUT2D eigenvalue weighted by atomic mass is 32.1. The molecule has 0 radical (unpaired) electrons. The van der Waals surface area contributed by atoms with Gasteiger partial charge >= 0.3 is 0 Å². The van der Waals surface area contributed by atoms with E-state index in [9.17, 15) is 0 Å². The summed E-state index contributed by atoms with van der Waals surface area (Å²) < 4.78 is 11.9. The highest BCUT2D eigenvalue weighted by Gasteiger charge is 2.24. The molecular weight excluding hydrogens is 480 g/mol. The molecule has 5 heterocycles. The number of rotatable bonds is 5. The molecule has 0 aliphatic carbocycles. The van der Waals surface area contributed by atoms with E-state index in [1.165, 1.54) is 23.3 Å². The zero-order valence-electron chi connectivity index (χ0n) is 21.1. The van der Waals surface area contributed by atoms with Crippen LogP contribution in [0.1, 0.15) is 30.2 Å². The predicted octanol–water partition coefficient (Wildman–Crippen LogP) is 4.27. The van der Waals surface area contributed by atoms with Crippen LogP contribution in [0.3, 0.4) is 0 Å².